The van der Waals surface area contributed by atoms with Crippen LogP contribution < -0.4 is 8.70 Å². The monoisotopic (exact) mass is 368 g/mol. The first-order valence-corrected chi connectivity index (χ1v) is 9.27. The number of nitrogens with zero attached hydrogens (tertiary/aromatic N) is 2. The maximum absolute atomic E-state index is 12.6. The van der Waals surface area contributed by atoms with E-state index in [4.69, 9.17) is 0 Å². The number of phenolic OH excluding ortho intramolecular Hbond substituents is 1. The molecule has 0 aliphatic heterocycles. The topological polar surface area (TPSA) is 144 Å². The van der Waals surface area contributed by atoms with E-state index < -0.39 is 35.1 Å². The Morgan fingerprint density at radius 3 is 2.18 bits per heavy atom. The van der Waals surface area contributed by atoms with Crippen LogP contribution in [0.15, 0.2) is 42.5 Å². The average Bonchev–Trinajstić information content (AvgIpc) is 2.47. The van der Waals surface area contributed by atoms with Gasteiger partial charge in [-0.2, -0.15) is 0 Å². The standard InChI is InChI=1S/C12H9AsN2O7/c16-12-5-4-9(7-11(12)15(21)22)13(17,18)8-2-1-3-10(6-8)14(19)20/h1-7,16H,(H,17,18). The van der Waals surface area contributed by atoms with Crippen LogP contribution in [-0.4, -0.2) is 32.9 Å². The van der Waals surface area contributed by atoms with Gasteiger partial charge in [-0.3, -0.25) is 0 Å². The number of non-ortho nitro benzene ring substituents is 1. The van der Waals surface area contributed by atoms with E-state index in [-0.39, 0.29) is 14.4 Å². The van der Waals surface area contributed by atoms with Crippen LogP contribution in [-0.2, 0) is 3.74 Å². The van der Waals surface area contributed by atoms with Crippen LogP contribution >= 0.6 is 0 Å². The summed E-state index contributed by atoms with van der Waals surface area (Å²) in [7, 11) is 0. The number of aromatic hydroxyl groups is 1. The van der Waals surface area contributed by atoms with Crippen molar-refractivity contribution < 1.29 is 22.8 Å². The van der Waals surface area contributed by atoms with Gasteiger partial charge in [0.05, 0.1) is 0 Å². The van der Waals surface area contributed by atoms with Gasteiger partial charge < -0.3 is 0 Å². The van der Waals surface area contributed by atoms with Crippen molar-refractivity contribution in [3.8, 4) is 5.75 Å². The molecule has 0 aliphatic rings. The van der Waals surface area contributed by atoms with Crippen molar-refractivity contribution in [2.45, 2.75) is 0 Å². The van der Waals surface area contributed by atoms with Gasteiger partial charge in [0.2, 0.25) is 0 Å². The Balaban J connectivity index is 2.57. The van der Waals surface area contributed by atoms with E-state index in [1.165, 1.54) is 18.2 Å². The Hall–Kier alpha value is -2.64. The molecule has 0 amide bonds. The molecule has 2 rings (SSSR count). The van der Waals surface area contributed by atoms with Crippen molar-refractivity contribution in [1.29, 1.82) is 0 Å². The maximum atomic E-state index is 12.6. The number of benzene rings is 2. The normalized spacial score (nSPS) is 13.3. The van der Waals surface area contributed by atoms with Gasteiger partial charge in [-0.05, 0) is 0 Å². The van der Waals surface area contributed by atoms with Gasteiger partial charge in [-0.15, -0.1) is 0 Å². The molecule has 22 heavy (non-hydrogen) atoms. The second-order valence-electron chi connectivity index (χ2n) is 4.28. The molecule has 9 nitrogen and oxygen atoms in total. The summed E-state index contributed by atoms with van der Waals surface area (Å²) in [6, 6.07) is 7.44. The van der Waals surface area contributed by atoms with Crippen molar-refractivity contribution in [1.82, 2.24) is 0 Å². The third-order valence-electron chi connectivity index (χ3n) is 2.90. The van der Waals surface area contributed by atoms with Crippen LogP contribution in [0.25, 0.3) is 0 Å². The predicted octanol–water partition coefficient (Wildman–Crippen LogP) is 0.188. The number of phenols is 1. The molecule has 0 heterocycles. The molecule has 114 valence electrons. The van der Waals surface area contributed by atoms with Gasteiger partial charge in [0.15, 0.2) is 0 Å². The van der Waals surface area contributed by atoms with Crippen LogP contribution in [0.5, 0.6) is 5.75 Å². The molecular weight excluding hydrogens is 359 g/mol. The molecule has 0 saturated carbocycles. The molecule has 2 N–H and O–H groups in total. The second-order valence-corrected chi connectivity index (χ2v) is 8.87. The van der Waals surface area contributed by atoms with Crippen molar-refractivity contribution >= 4 is 33.9 Å². The minimum atomic E-state index is -5.00. The van der Waals surface area contributed by atoms with Gasteiger partial charge in [0.25, 0.3) is 0 Å². The minimum absolute atomic E-state index is 0.174. The summed E-state index contributed by atoms with van der Waals surface area (Å²) in [4.78, 5) is 19.9. The fourth-order valence-corrected chi connectivity index (χ4v) is 4.87. The van der Waals surface area contributed by atoms with E-state index in [1.807, 2.05) is 0 Å². The zero-order valence-corrected chi connectivity index (χ0v) is 12.7. The molecule has 1 atom stereocenters. The molecule has 0 radical (unpaired) electrons. The summed E-state index contributed by atoms with van der Waals surface area (Å²) in [6.45, 7) is 0. The molecular formula is C12H9AsN2O7. The molecule has 0 saturated heterocycles. The van der Waals surface area contributed by atoms with Crippen LogP contribution in [0.3, 0.4) is 0 Å². The van der Waals surface area contributed by atoms with Crippen molar-refractivity contribution in [3.05, 3.63) is 62.7 Å². The number of hydrogen-bond donors (Lipinski definition) is 2. The van der Waals surface area contributed by atoms with Gasteiger partial charge in [0, 0.05) is 0 Å². The molecule has 0 aromatic heterocycles. The van der Waals surface area contributed by atoms with Crippen molar-refractivity contribution in [2.75, 3.05) is 0 Å². The van der Waals surface area contributed by atoms with E-state index in [2.05, 4.69) is 0 Å². The summed E-state index contributed by atoms with van der Waals surface area (Å²) >= 11 is -5.00. The van der Waals surface area contributed by atoms with Gasteiger partial charge in [0.1, 0.15) is 0 Å². The Labute approximate surface area is 125 Å². The molecule has 2 aromatic carbocycles. The molecule has 0 spiro atoms. The van der Waals surface area contributed by atoms with E-state index in [0.29, 0.717) is 0 Å². The third kappa shape index (κ3) is 2.85. The fourth-order valence-electron chi connectivity index (χ4n) is 1.79. The average molecular weight is 368 g/mol. The Kier molecular flexibility index (Phi) is 4.03. The molecule has 10 heteroatoms. The molecule has 2 aromatic rings. The van der Waals surface area contributed by atoms with Crippen molar-refractivity contribution in [3.63, 3.8) is 0 Å². The van der Waals surface area contributed by atoms with E-state index in [1.54, 1.807) is 0 Å². The third-order valence-corrected chi connectivity index (χ3v) is 7.00. The fraction of sp³-hybridized carbons (Fsp3) is 0. The molecule has 0 fully saturated rings. The Bertz CT molecular complexity index is 821. The SMILES string of the molecule is O=[N+]([O-])c1cccc([As](=O)(O)c2ccc(O)c([N+](=O)[O-])c2)c1. The van der Waals surface area contributed by atoms with Crippen LogP contribution in [0, 0.1) is 20.2 Å². The van der Waals surface area contributed by atoms with Gasteiger partial charge in [-0.25, -0.2) is 0 Å². The zero-order valence-electron chi connectivity index (χ0n) is 10.8. The molecule has 0 bridgehead atoms. The predicted molar refractivity (Wildman–Crippen MR) is 75.8 cm³/mol. The summed E-state index contributed by atoms with van der Waals surface area (Å²) in [6.07, 6.45) is 0. The van der Waals surface area contributed by atoms with Gasteiger partial charge >= 0.3 is 125 Å². The number of nitro groups is 2. The summed E-state index contributed by atoms with van der Waals surface area (Å²) < 4.78 is 22.4. The quantitative estimate of drug-likeness (QED) is 0.445. The first-order valence-electron chi connectivity index (χ1n) is 5.79. The Morgan fingerprint density at radius 2 is 1.59 bits per heavy atom. The van der Waals surface area contributed by atoms with Crippen LogP contribution in [0.1, 0.15) is 0 Å². The number of rotatable bonds is 4. The van der Waals surface area contributed by atoms with Crippen LogP contribution in [0.2, 0.25) is 0 Å². The summed E-state index contributed by atoms with van der Waals surface area (Å²) in [5, 5.41) is 30.9. The van der Waals surface area contributed by atoms with E-state index in [0.717, 1.165) is 24.3 Å². The van der Waals surface area contributed by atoms with Crippen LogP contribution in [0.4, 0.5) is 11.4 Å². The first kappa shape index (κ1) is 15.7. The summed E-state index contributed by atoms with van der Waals surface area (Å²) in [5.74, 6) is -0.636. The zero-order chi connectivity index (χ0) is 16.5. The molecule has 1 unspecified atom stereocenters. The molecule has 0 aliphatic carbocycles. The van der Waals surface area contributed by atoms with Crippen molar-refractivity contribution in [2.24, 2.45) is 0 Å². The van der Waals surface area contributed by atoms with Gasteiger partial charge in [-0.1, -0.05) is 0 Å². The summed E-state index contributed by atoms with van der Waals surface area (Å²) in [5.41, 5.74) is -1.07. The second kappa shape index (κ2) is 5.63. The van der Waals surface area contributed by atoms with E-state index in [9.17, 15) is 33.2 Å². The number of nitro benzene ring substituents is 2. The first-order chi connectivity index (χ1) is 10.2. The Morgan fingerprint density at radius 1 is 0.955 bits per heavy atom. The van der Waals surface area contributed by atoms with E-state index >= 15 is 0 Å². The number of hydrogen-bond acceptors (Lipinski definition) is 6.